The molecular weight excluding hydrogens is 1440 g/mol. The largest absolute Gasteiger partial charge is 0.496 e. The molecule has 2 fully saturated rings. The number of hydrogen-bond acceptors (Lipinski definition) is 19. The molecule has 20 nitrogen and oxygen atoms in total. The van der Waals surface area contributed by atoms with Crippen LogP contribution >= 0.6 is 0 Å². The highest BCUT2D eigenvalue weighted by atomic mass is 32.3. The minimum absolute atomic E-state index is 0.00318. The molecule has 9 rings (SSSR count). The van der Waals surface area contributed by atoms with Crippen LogP contribution in [-0.2, 0) is 78.6 Å². The molecule has 33 heteroatoms. The number of ether oxygens (including phenoxy) is 1. The highest BCUT2D eigenvalue weighted by molar-refractivity contribution is 7.92. The van der Waals surface area contributed by atoms with Gasteiger partial charge in [0.25, 0.3) is 10.0 Å². The van der Waals surface area contributed by atoms with E-state index in [2.05, 4.69) is 34.5 Å². The summed E-state index contributed by atoms with van der Waals surface area (Å²) in [6.07, 6.45) is 9.14. The maximum Gasteiger partial charge on any atom is 0.488 e. The predicted octanol–water partition coefficient (Wildman–Crippen LogP) is 14.0. The summed E-state index contributed by atoms with van der Waals surface area (Å²) in [5.74, 6) is -2.79. The Hall–Kier alpha value is -6.98. The maximum absolute atomic E-state index is 13.2. The maximum atomic E-state index is 13.2. The van der Waals surface area contributed by atoms with Gasteiger partial charge >= 0.3 is 43.6 Å². The van der Waals surface area contributed by atoms with Gasteiger partial charge in [-0.25, -0.2) is 13.4 Å². The second-order valence-corrected chi connectivity index (χ2v) is 31.3. The number of alkyl halides is 5. The molecule has 1 unspecified atom stereocenters. The lowest BCUT2D eigenvalue weighted by Crippen LogP contribution is -2.47. The van der Waals surface area contributed by atoms with E-state index in [0.717, 1.165) is 82.6 Å². The van der Waals surface area contributed by atoms with Gasteiger partial charge in [0.1, 0.15) is 23.0 Å². The number of unbranched alkanes of at least 4 members (excludes halogenated alkanes) is 6. The number of benzene rings is 5. The Morgan fingerprint density at radius 1 is 0.673 bits per heavy atom. The van der Waals surface area contributed by atoms with E-state index in [4.69, 9.17) is 9.84 Å². The second kappa shape index (κ2) is 35.5. The van der Waals surface area contributed by atoms with Crippen LogP contribution < -0.4 is 27.3 Å². The summed E-state index contributed by atoms with van der Waals surface area (Å²) < 4.78 is 224. The summed E-state index contributed by atoms with van der Waals surface area (Å²) in [5.41, 5.74) is 6.05. The van der Waals surface area contributed by atoms with Crippen molar-refractivity contribution < 1.29 is 109 Å². The van der Waals surface area contributed by atoms with Crippen molar-refractivity contribution in [2.24, 2.45) is 23.2 Å². The lowest BCUT2D eigenvalue weighted by atomic mass is 9.52. The molecule has 6 aromatic rings. The van der Waals surface area contributed by atoms with Gasteiger partial charge in [0.05, 0.1) is 43.6 Å². The SMILES string of the molecule is COc1cc(/C=C\c2ccc(C)c(OS(=O)(=O)F)c2)cc(CO)c1CO.C[C@]12CC[C@@H]3c4ccc(OS(=O)(=O)F)cc4C[C@@H](CCCCCCCCCS(=O)CCCC(F)(F)C(F)(F)F)[C@H]3[C@@H]1CC[C@@H]2O.O=S(=O)(F)Oc1ccc(Nc2ncccc2NS(=O)(=O)c2ccc(CO)cc2)cc1. The monoisotopic (exact) mass is 1520 g/mol. The first-order chi connectivity index (χ1) is 47.4. The van der Waals surface area contributed by atoms with Crippen molar-refractivity contribution in [2.45, 2.75) is 159 Å². The molecule has 2 saturated carbocycles. The number of rotatable bonds is 31. The summed E-state index contributed by atoms with van der Waals surface area (Å²) in [4.78, 5) is 4.11. The molecule has 5 aromatic carbocycles. The first-order valence-electron chi connectivity index (χ1n) is 32.2. The minimum atomic E-state index is -5.57. The van der Waals surface area contributed by atoms with Crippen LogP contribution in [0.2, 0.25) is 0 Å². The van der Waals surface area contributed by atoms with Crippen molar-refractivity contribution in [3.63, 3.8) is 0 Å². The van der Waals surface area contributed by atoms with Crippen molar-refractivity contribution in [3.8, 4) is 23.0 Å². The van der Waals surface area contributed by atoms with E-state index in [9.17, 15) is 86.8 Å². The molecule has 0 spiro atoms. The molecule has 0 aliphatic heterocycles. The predicted molar refractivity (Wildman–Crippen MR) is 365 cm³/mol. The molecule has 3 aliphatic rings. The van der Waals surface area contributed by atoms with Crippen molar-refractivity contribution in [1.82, 2.24) is 4.98 Å². The third kappa shape index (κ3) is 23.8. The van der Waals surface area contributed by atoms with Gasteiger partial charge in [-0.15, -0.1) is 0 Å². The Kier molecular flexibility index (Phi) is 28.6. The third-order valence-electron chi connectivity index (χ3n) is 18.3. The number of aromatic nitrogens is 1. The molecule has 7 atom stereocenters. The van der Waals surface area contributed by atoms with Gasteiger partial charge in [-0.1, -0.05) is 99.6 Å². The van der Waals surface area contributed by atoms with Crippen LogP contribution in [-0.4, -0.2) is 100 Å². The number of hydrogen-bond donors (Lipinski definition) is 6. The molecule has 0 amide bonds. The third-order valence-corrected chi connectivity index (χ3v) is 22.3. The van der Waals surface area contributed by atoms with Crippen molar-refractivity contribution in [2.75, 3.05) is 28.7 Å². The molecule has 556 valence electrons. The van der Waals surface area contributed by atoms with E-state index in [-0.39, 0.29) is 70.7 Å². The Labute approximate surface area is 586 Å². The molecule has 101 heavy (non-hydrogen) atoms. The van der Waals surface area contributed by atoms with Crippen LogP contribution in [0.5, 0.6) is 23.0 Å². The van der Waals surface area contributed by atoms with Gasteiger partial charge in [0, 0.05) is 46.2 Å². The highest BCUT2D eigenvalue weighted by Gasteiger charge is 2.57. The number of nitrogens with one attached hydrogen (secondary N) is 2. The number of aryl methyl sites for hydroxylation is 1. The fourth-order valence-electron chi connectivity index (χ4n) is 13.3. The number of halogens is 8. The van der Waals surface area contributed by atoms with Gasteiger partial charge in [0.2, 0.25) is 0 Å². The first-order valence-corrected chi connectivity index (χ1v) is 39.1. The molecule has 0 bridgehead atoms. The first kappa shape index (κ1) is 81.3. The average Bonchev–Trinajstić information content (AvgIpc) is 1.67. The molecule has 0 radical (unpaired) electrons. The van der Waals surface area contributed by atoms with E-state index in [1.54, 1.807) is 55.5 Å². The molecule has 6 N–H and O–H groups in total. The minimum Gasteiger partial charge on any atom is -0.496 e. The number of methoxy groups -OCH3 is 1. The van der Waals surface area contributed by atoms with Gasteiger partial charge in [-0.3, -0.25) is 8.93 Å². The second-order valence-electron chi connectivity index (χ2n) is 25.1. The van der Waals surface area contributed by atoms with E-state index >= 15 is 0 Å². The van der Waals surface area contributed by atoms with Crippen LogP contribution in [0.1, 0.15) is 147 Å². The number of sulfonamides is 1. The summed E-state index contributed by atoms with van der Waals surface area (Å²) in [7, 11) is -19.2. The number of pyridine rings is 1. The highest BCUT2D eigenvalue weighted by Crippen LogP contribution is 2.63. The molecule has 0 saturated heterocycles. The Bertz CT molecular complexity index is 4270. The van der Waals surface area contributed by atoms with Crippen LogP contribution in [0.4, 0.5) is 50.8 Å². The zero-order valence-corrected chi connectivity index (χ0v) is 59.3. The van der Waals surface area contributed by atoms with E-state index in [1.807, 2.05) is 6.07 Å². The zero-order valence-electron chi connectivity index (χ0n) is 55.3. The average molecular weight is 1520 g/mol. The van der Waals surface area contributed by atoms with E-state index in [1.165, 1.54) is 85.6 Å². The Balaban J connectivity index is 0.000000223. The fraction of sp³-hybridized carbons (Fsp3) is 0.456. The lowest BCUT2D eigenvalue weighted by Gasteiger charge is -2.53. The zero-order chi connectivity index (χ0) is 74.1. The van der Waals surface area contributed by atoms with E-state index in [0.29, 0.717) is 80.7 Å². The lowest BCUT2D eigenvalue weighted by molar-refractivity contribution is -0.284. The summed E-state index contributed by atoms with van der Waals surface area (Å²) in [6.45, 7) is 3.10. The van der Waals surface area contributed by atoms with Gasteiger partial charge < -0.3 is 43.0 Å². The van der Waals surface area contributed by atoms with Crippen molar-refractivity contribution >= 4 is 81.7 Å². The summed E-state index contributed by atoms with van der Waals surface area (Å²) in [6, 6.07) is 27.2. The van der Waals surface area contributed by atoms with Crippen LogP contribution in [0.25, 0.3) is 12.2 Å². The fourth-order valence-corrected chi connectivity index (χ4v) is 16.6. The number of anilines is 3. The topological polar surface area (TPSA) is 308 Å². The van der Waals surface area contributed by atoms with Crippen LogP contribution in [0.15, 0.2) is 120 Å². The number of aliphatic hydroxyl groups is 4. The van der Waals surface area contributed by atoms with Crippen molar-refractivity contribution in [3.05, 3.63) is 160 Å². The molecular formula is C68H81F8N3O17S5. The normalized spacial score (nSPS) is 19.5. The standard InChI is InChI=1S/C32H46F6O5S2.C18H16FN3O6S2.C18H19FO6S/c1-30-17-15-26-25-12-11-24(43-45(38,41)42)21-23(25)20-22(29(26)27(30)13-14-28(30)39)10-7-5-3-2-4-6-8-18-44(40)19-9-16-31(33,34)32(35,36)37;19-30(26,27)28-15-7-5-14(6-8-15)21-18-17(2-1-11-20-18)22-29(24,25)16-9-3-13(12-23)4-10-16;1-12-3-4-13(8-17(12)25-26(19,22)23)5-6-14-7-15(10-20)16(11-21)18(9-14)24-2/h11-12,21-22,26-29,39H,2-10,13-20H2,1H3;1-11,22-23H,12H2,(H,20,21);3-9,20-21H,10-11H2,1-2H3/b;;6-5-/t22-,26-,27+,28+,29-,30+,44?;;/m1../s1. The molecule has 1 heterocycles. The smallest absolute Gasteiger partial charge is 0.488 e. The summed E-state index contributed by atoms with van der Waals surface area (Å²) >= 11 is 0. The van der Waals surface area contributed by atoms with E-state index < -0.39 is 77.3 Å². The summed E-state index contributed by atoms with van der Waals surface area (Å²) in [5, 5.41) is 41.7. The number of fused-ring (bicyclic) bond motifs is 5. The molecule has 3 aliphatic carbocycles. The van der Waals surface area contributed by atoms with Gasteiger partial charge in [0.15, 0.2) is 5.82 Å². The number of nitrogens with zero attached hydrogens (tertiary/aromatic N) is 1. The van der Waals surface area contributed by atoms with Crippen LogP contribution in [0.3, 0.4) is 0 Å². The van der Waals surface area contributed by atoms with Gasteiger partial charge in [-0.2, -0.15) is 47.2 Å². The van der Waals surface area contributed by atoms with Crippen molar-refractivity contribution in [1.29, 1.82) is 0 Å². The Morgan fingerprint density at radius 2 is 1.29 bits per heavy atom. The molecule has 1 aromatic heterocycles. The van der Waals surface area contributed by atoms with Crippen LogP contribution in [0, 0.1) is 30.1 Å². The quantitative estimate of drug-likeness (QED) is 0.0102. The Morgan fingerprint density at radius 3 is 1.91 bits per heavy atom. The van der Waals surface area contributed by atoms with Gasteiger partial charge in [-0.05, 0) is 205 Å². The number of aliphatic hydroxyl groups excluding tert-OH is 4.